The molecule has 2 fully saturated rings. The van der Waals surface area contributed by atoms with Crippen molar-refractivity contribution in [2.45, 2.75) is 50.9 Å². The first-order valence-electron chi connectivity index (χ1n) is 10.2. The van der Waals surface area contributed by atoms with E-state index in [2.05, 4.69) is 32.6 Å². The van der Waals surface area contributed by atoms with Crippen LogP contribution in [0.25, 0.3) is 5.69 Å². The van der Waals surface area contributed by atoms with Gasteiger partial charge in [0, 0.05) is 25.1 Å². The van der Waals surface area contributed by atoms with E-state index >= 15 is 0 Å². The second-order valence-electron chi connectivity index (χ2n) is 8.41. The fourth-order valence-electron chi connectivity index (χ4n) is 4.97. The summed E-state index contributed by atoms with van der Waals surface area (Å²) in [6.45, 7) is 3.80. The molecule has 2 aliphatic rings. The van der Waals surface area contributed by atoms with Crippen LogP contribution in [0.4, 0.5) is 23.7 Å². The van der Waals surface area contributed by atoms with Gasteiger partial charge in [0.1, 0.15) is 5.54 Å². The number of hydrogen-bond acceptors (Lipinski definition) is 6. The summed E-state index contributed by atoms with van der Waals surface area (Å²) in [5.41, 5.74) is -1.68. The molecule has 1 saturated heterocycles. The Balaban J connectivity index is 1.46. The third-order valence-electron chi connectivity index (χ3n) is 6.09. The van der Waals surface area contributed by atoms with Crippen molar-refractivity contribution in [2.24, 2.45) is 5.92 Å². The average Bonchev–Trinajstić information content (AvgIpc) is 3.38. The standard InChI is InChI=1S/C20H20F3N7O2/c1-11-7-14-10-19(9-11,17-28-27-12(2)32-17)29(14)18(31)26-13-3-4-15(20(21,22)23)16(8-13)30-24-5-6-25-30/h3-6,8,11,14H,7,9-10H2,1-2H3,(H,26,31)/t11-,14-,19+/m0/s1. The van der Waals surface area contributed by atoms with Crippen LogP contribution >= 0.6 is 0 Å². The van der Waals surface area contributed by atoms with Crippen LogP contribution < -0.4 is 5.32 Å². The van der Waals surface area contributed by atoms with Gasteiger partial charge in [0.15, 0.2) is 0 Å². The molecule has 1 saturated carbocycles. The van der Waals surface area contributed by atoms with Gasteiger partial charge in [-0.25, -0.2) is 4.79 Å². The third-order valence-corrected chi connectivity index (χ3v) is 6.09. The van der Waals surface area contributed by atoms with Gasteiger partial charge < -0.3 is 14.6 Å². The van der Waals surface area contributed by atoms with Crippen LogP contribution in [-0.2, 0) is 11.7 Å². The van der Waals surface area contributed by atoms with Crippen molar-refractivity contribution in [2.75, 3.05) is 5.32 Å². The van der Waals surface area contributed by atoms with Crippen molar-refractivity contribution in [3.8, 4) is 5.69 Å². The summed E-state index contributed by atoms with van der Waals surface area (Å²) in [5, 5.41) is 18.4. The molecule has 3 heterocycles. The molecule has 3 atom stereocenters. The molecule has 0 unspecified atom stereocenters. The molecule has 1 N–H and O–H groups in total. The topological polar surface area (TPSA) is 102 Å². The minimum Gasteiger partial charge on any atom is -0.423 e. The lowest BCUT2D eigenvalue weighted by Gasteiger charge is -2.61. The monoisotopic (exact) mass is 447 g/mol. The summed E-state index contributed by atoms with van der Waals surface area (Å²) < 4.78 is 46.1. The van der Waals surface area contributed by atoms with Gasteiger partial charge in [0.05, 0.1) is 23.6 Å². The molecule has 1 aliphatic carbocycles. The minimum absolute atomic E-state index is 0.00680. The fraction of sp³-hybridized carbons (Fsp3) is 0.450. The molecule has 0 spiro atoms. The molecule has 2 amide bonds. The van der Waals surface area contributed by atoms with Crippen LogP contribution in [0.1, 0.15) is 43.5 Å². The number of alkyl halides is 3. The van der Waals surface area contributed by atoms with Crippen molar-refractivity contribution in [3.63, 3.8) is 0 Å². The van der Waals surface area contributed by atoms with E-state index < -0.39 is 23.3 Å². The van der Waals surface area contributed by atoms with Crippen molar-refractivity contribution in [1.29, 1.82) is 0 Å². The Hall–Kier alpha value is -3.44. The highest BCUT2D eigenvalue weighted by Gasteiger charge is 2.62. The van der Waals surface area contributed by atoms with E-state index in [0.717, 1.165) is 17.3 Å². The highest BCUT2D eigenvalue weighted by molar-refractivity contribution is 5.91. The highest BCUT2D eigenvalue weighted by Crippen LogP contribution is 2.55. The summed E-state index contributed by atoms with van der Waals surface area (Å²) in [6.07, 6.45) is 0.178. The zero-order valence-electron chi connectivity index (χ0n) is 17.3. The van der Waals surface area contributed by atoms with Crippen molar-refractivity contribution in [3.05, 3.63) is 47.9 Å². The number of urea groups is 1. The van der Waals surface area contributed by atoms with Crippen LogP contribution in [0.5, 0.6) is 0 Å². The van der Waals surface area contributed by atoms with Crippen molar-refractivity contribution < 1.29 is 22.4 Å². The zero-order valence-corrected chi connectivity index (χ0v) is 17.3. The largest absolute Gasteiger partial charge is 0.423 e. The summed E-state index contributed by atoms with van der Waals surface area (Å²) in [4.78, 5) is 15.8. The van der Waals surface area contributed by atoms with Gasteiger partial charge >= 0.3 is 12.2 Å². The Bertz CT molecular complexity index is 1160. The third kappa shape index (κ3) is 3.21. The molecular weight excluding hydrogens is 427 g/mol. The van der Waals surface area contributed by atoms with Crippen LogP contribution in [0.15, 0.2) is 35.0 Å². The first-order valence-corrected chi connectivity index (χ1v) is 10.2. The summed E-state index contributed by atoms with van der Waals surface area (Å²) in [5.74, 6) is 1.17. The zero-order chi connectivity index (χ0) is 22.7. The van der Waals surface area contributed by atoms with Crippen molar-refractivity contribution >= 4 is 11.7 Å². The number of fused-ring (bicyclic) bond motifs is 2. The molecular formula is C20H20F3N7O2. The molecule has 3 aromatic rings. The predicted molar refractivity (Wildman–Crippen MR) is 105 cm³/mol. The minimum atomic E-state index is -4.60. The Labute approximate surface area is 180 Å². The van der Waals surface area contributed by atoms with Crippen LogP contribution in [0.3, 0.4) is 0 Å². The molecule has 2 bridgehead atoms. The van der Waals surface area contributed by atoms with Gasteiger partial charge in [-0.3, -0.25) is 0 Å². The second-order valence-corrected chi connectivity index (χ2v) is 8.41. The predicted octanol–water partition coefficient (Wildman–Crippen LogP) is 3.91. The number of rotatable bonds is 3. The lowest BCUT2D eigenvalue weighted by atomic mass is 9.64. The smallest absolute Gasteiger partial charge is 0.418 e. The van der Waals surface area contributed by atoms with Gasteiger partial charge in [0.25, 0.3) is 0 Å². The van der Waals surface area contributed by atoms with E-state index in [1.54, 1.807) is 11.8 Å². The lowest BCUT2D eigenvalue weighted by molar-refractivity contribution is -0.137. The van der Waals surface area contributed by atoms with E-state index in [0.29, 0.717) is 30.5 Å². The maximum atomic E-state index is 13.5. The maximum absolute atomic E-state index is 13.5. The molecule has 0 radical (unpaired) electrons. The fourth-order valence-corrected chi connectivity index (χ4v) is 4.97. The number of benzene rings is 1. The summed E-state index contributed by atoms with van der Waals surface area (Å²) in [6, 6.07) is 2.90. The van der Waals surface area contributed by atoms with Gasteiger partial charge in [-0.15, -0.1) is 10.2 Å². The van der Waals surface area contributed by atoms with Crippen molar-refractivity contribution in [1.82, 2.24) is 30.1 Å². The molecule has 5 rings (SSSR count). The van der Waals surface area contributed by atoms with E-state index in [-0.39, 0.29) is 17.4 Å². The number of anilines is 1. The van der Waals surface area contributed by atoms with E-state index in [4.69, 9.17) is 4.42 Å². The Morgan fingerprint density at radius 2 is 1.97 bits per heavy atom. The lowest BCUT2D eigenvalue weighted by Crippen LogP contribution is -2.70. The average molecular weight is 447 g/mol. The number of hydrogen-bond donors (Lipinski definition) is 1. The Kier molecular flexibility index (Phi) is 4.50. The normalized spacial score (nSPS) is 24.8. The van der Waals surface area contributed by atoms with Crippen LogP contribution in [-0.4, -0.2) is 42.2 Å². The number of nitrogens with zero attached hydrogens (tertiary/aromatic N) is 6. The number of halogens is 3. The first kappa shape index (κ1) is 20.5. The van der Waals surface area contributed by atoms with Gasteiger partial charge in [-0.2, -0.15) is 28.2 Å². The van der Waals surface area contributed by atoms with Crippen LogP contribution in [0.2, 0.25) is 0 Å². The maximum Gasteiger partial charge on any atom is 0.418 e. The highest BCUT2D eigenvalue weighted by atomic mass is 19.4. The summed E-state index contributed by atoms with van der Waals surface area (Å²) in [7, 11) is 0. The van der Waals surface area contributed by atoms with Gasteiger partial charge in [-0.05, 0) is 37.0 Å². The molecule has 1 aromatic carbocycles. The molecule has 9 nitrogen and oxygen atoms in total. The number of amides is 2. The quantitative estimate of drug-likeness (QED) is 0.653. The van der Waals surface area contributed by atoms with E-state index in [9.17, 15) is 18.0 Å². The molecule has 2 aromatic heterocycles. The number of likely N-dealkylation sites (tertiary alicyclic amines) is 1. The molecule has 1 aliphatic heterocycles. The molecule has 12 heteroatoms. The van der Waals surface area contributed by atoms with E-state index in [1.807, 2.05) is 0 Å². The molecule has 32 heavy (non-hydrogen) atoms. The number of carbonyl (C=O) groups excluding carboxylic acids is 1. The number of carbonyl (C=O) groups is 1. The summed E-state index contributed by atoms with van der Waals surface area (Å²) >= 11 is 0. The van der Waals surface area contributed by atoms with Gasteiger partial charge in [0.2, 0.25) is 11.8 Å². The number of aryl methyl sites for hydroxylation is 1. The first-order chi connectivity index (χ1) is 15.2. The molecule has 168 valence electrons. The Morgan fingerprint density at radius 3 is 2.62 bits per heavy atom. The van der Waals surface area contributed by atoms with E-state index in [1.165, 1.54) is 24.5 Å². The number of nitrogens with one attached hydrogen (secondary N) is 1. The van der Waals surface area contributed by atoms with Gasteiger partial charge in [-0.1, -0.05) is 6.92 Å². The Morgan fingerprint density at radius 1 is 1.22 bits per heavy atom. The second kappa shape index (κ2) is 7.04. The number of aromatic nitrogens is 5. The number of piperidine rings is 1. The van der Waals surface area contributed by atoms with Crippen LogP contribution in [0, 0.1) is 12.8 Å². The SMILES string of the molecule is Cc1nnc([C@@]23C[C@@H](C)C[C@@H](C2)N3C(=O)Nc2ccc(C(F)(F)F)c(-n3nccn3)c2)o1.